The van der Waals surface area contributed by atoms with Gasteiger partial charge in [0.1, 0.15) is 11.2 Å². The number of hydrogen-bond acceptors (Lipinski definition) is 2. The Hall–Kier alpha value is -7.16. The number of para-hydroxylation sites is 1. The minimum atomic E-state index is 0.870. The van der Waals surface area contributed by atoms with Gasteiger partial charge in [-0.2, -0.15) is 0 Å². The van der Waals surface area contributed by atoms with Crippen LogP contribution in [0.1, 0.15) is 0 Å². The molecule has 0 aliphatic heterocycles. The lowest BCUT2D eigenvalue weighted by atomic mass is 9.95. The van der Waals surface area contributed by atoms with Crippen LogP contribution in [0.4, 0.5) is 17.1 Å². The first-order valence-electron chi connectivity index (χ1n) is 18.5. The molecule has 0 fully saturated rings. The molecule has 0 saturated carbocycles. The maximum atomic E-state index is 6.88. The van der Waals surface area contributed by atoms with E-state index in [-0.39, 0.29) is 0 Å². The third-order valence-corrected chi connectivity index (χ3v) is 11.1. The highest BCUT2D eigenvalue weighted by Gasteiger charge is 2.25. The number of hydrogen-bond donors (Lipinski definition) is 0. The fourth-order valence-electron chi connectivity index (χ4n) is 8.52. The second-order valence-electron chi connectivity index (χ2n) is 14.0. The van der Waals surface area contributed by atoms with E-state index < -0.39 is 0 Å². The summed E-state index contributed by atoms with van der Waals surface area (Å²) in [6.07, 6.45) is 0. The van der Waals surface area contributed by atoms with Gasteiger partial charge in [0.25, 0.3) is 0 Å². The molecular formula is C52H33NO. The quantitative estimate of drug-likeness (QED) is 0.168. The Kier molecular flexibility index (Phi) is 6.90. The van der Waals surface area contributed by atoms with Crippen molar-refractivity contribution in [2.45, 2.75) is 0 Å². The molecule has 0 aliphatic rings. The van der Waals surface area contributed by atoms with E-state index in [1.165, 1.54) is 54.2 Å². The Labute approximate surface area is 312 Å². The third-order valence-electron chi connectivity index (χ3n) is 11.1. The first-order valence-corrected chi connectivity index (χ1v) is 18.5. The molecule has 10 aromatic carbocycles. The molecule has 0 bridgehead atoms. The molecule has 0 amide bonds. The number of furan rings is 1. The van der Waals surface area contributed by atoms with E-state index >= 15 is 0 Å². The molecule has 11 aromatic rings. The SMILES string of the molecule is c1ccc(-c2ccc(-c3ccc(N(c4cccc5c4ccc4ccccc45)c4cccc5c4ccc4ccccc45)c4c3oc3ccccc34)cc2)cc1. The summed E-state index contributed by atoms with van der Waals surface area (Å²) in [6, 6.07) is 72.2. The molecule has 0 N–H and O–H groups in total. The normalized spacial score (nSPS) is 11.7. The van der Waals surface area contributed by atoms with Gasteiger partial charge in [0.15, 0.2) is 0 Å². The molecule has 1 heterocycles. The Morgan fingerprint density at radius 2 is 0.815 bits per heavy atom. The van der Waals surface area contributed by atoms with Crippen LogP contribution in [0.2, 0.25) is 0 Å². The first kappa shape index (κ1) is 30.5. The third kappa shape index (κ3) is 4.74. The predicted octanol–water partition coefficient (Wildman–Crippen LogP) is 15.0. The number of anilines is 3. The van der Waals surface area contributed by atoms with Crippen molar-refractivity contribution >= 4 is 82.1 Å². The first-order chi connectivity index (χ1) is 26.8. The summed E-state index contributed by atoms with van der Waals surface area (Å²) in [5.74, 6) is 0. The van der Waals surface area contributed by atoms with Crippen molar-refractivity contribution < 1.29 is 4.42 Å². The molecule has 252 valence electrons. The molecule has 0 saturated heterocycles. The van der Waals surface area contributed by atoms with Crippen LogP contribution < -0.4 is 4.90 Å². The van der Waals surface area contributed by atoms with Crippen molar-refractivity contribution in [1.82, 2.24) is 0 Å². The molecule has 0 spiro atoms. The smallest absolute Gasteiger partial charge is 0.145 e. The van der Waals surface area contributed by atoms with Crippen LogP contribution in [0, 0.1) is 0 Å². The maximum absolute atomic E-state index is 6.88. The number of benzene rings is 10. The fraction of sp³-hybridized carbons (Fsp3) is 0. The van der Waals surface area contributed by atoms with Crippen LogP contribution in [0.15, 0.2) is 205 Å². The lowest BCUT2D eigenvalue weighted by Gasteiger charge is -2.29. The number of nitrogens with zero attached hydrogens (tertiary/aromatic N) is 1. The standard InChI is InChI=1S/C52H33NO/c1-2-12-34(13-3-1)35-24-26-38(27-25-35)41-32-33-49(51-46-18-8-9-23-50(46)54-52(41)51)53(47-21-10-19-42-39-16-6-4-14-36(39)28-30-44(42)47)48-22-11-20-43-40-17-7-5-15-37(40)29-31-45(43)48/h1-33H. The monoisotopic (exact) mass is 687 g/mol. The van der Waals surface area contributed by atoms with Crippen molar-refractivity contribution in [2.24, 2.45) is 0 Å². The highest BCUT2D eigenvalue weighted by atomic mass is 16.3. The van der Waals surface area contributed by atoms with Crippen LogP contribution in [0.3, 0.4) is 0 Å². The summed E-state index contributed by atoms with van der Waals surface area (Å²) in [6.45, 7) is 0. The average Bonchev–Trinajstić information content (AvgIpc) is 3.64. The summed E-state index contributed by atoms with van der Waals surface area (Å²) >= 11 is 0. The zero-order valence-electron chi connectivity index (χ0n) is 29.4. The second kappa shape index (κ2) is 12.2. The van der Waals surface area contributed by atoms with Crippen LogP contribution in [-0.4, -0.2) is 0 Å². The van der Waals surface area contributed by atoms with Crippen LogP contribution >= 0.6 is 0 Å². The van der Waals surface area contributed by atoms with Gasteiger partial charge in [-0.05, 0) is 79.3 Å². The number of rotatable bonds is 5. The van der Waals surface area contributed by atoms with E-state index in [9.17, 15) is 0 Å². The highest BCUT2D eigenvalue weighted by molar-refractivity contribution is 6.21. The predicted molar refractivity (Wildman–Crippen MR) is 229 cm³/mol. The van der Waals surface area contributed by atoms with E-state index in [1.54, 1.807) is 0 Å². The zero-order chi connectivity index (χ0) is 35.6. The van der Waals surface area contributed by atoms with Gasteiger partial charge in [-0.25, -0.2) is 0 Å². The minimum Gasteiger partial charge on any atom is -0.455 e. The molecule has 0 radical (unpaired) electrons. The Morgan fingerprint density at radius 3 is 1.46 bits per heavy atom. The largest absolute Gasteiger partial charge is 0.455 e. The molecule has 2 nitrogen and oxygen atoms in total. The van der Waals surface area contributed by atoms with Crippen LogP contribution in [-0.2, 0) is 0 Å². The molecular weight excluding hydrogens is 655 g/mol. The lowest BCUT2D eigenvalue weighted by Crippen LogP contribution is -2.11. The van der Waals surface area contributed by atoms with E-state index in [0.29, 0.717) is 0 Å². The summed E-state index contributed by atoms with van der Waals surface area (Å²) < 4.78 is 6.88. The van der Waals surface area contributed by atoms with Gasteiger partial charge in [-0.15, -0.1) is 0 Å². The van der Waals surface area contributed by atoms with Gasteiger partial charge in [0, 0.05) is 21.7 Å². The Balaban J connectivity index is 1.22. The van der Waals surface area contributed by atoms with E-state index in [2.05, 4.69) is 205 Å². The molecule has 0 atom stereocenters. The van der Waals surface area contributed by atoms with E-state index in [1.807, 2.05) is 0 Å². The Bertz CT molecular complexity index is 3090. The van der Waals surface area contributed by atoms with Crippen molar-refractivity contribution in [3.8, 4) is 22.3 Å². The lowest BCUT2D eigenvalue weighted by molar-refractivity contribution is 0.670. The molecule has 0 unspecified atom stereocenters. The van der Waals surface area contributed by atoms with Gasteiger partial charge in [-0.1, -0.05) is 170 Å². The van der Waals surface area contributed by atoms with Crippen molar-refractivity contribution in [1.29, 1.82) is 0 Å². The highest BCUT2D eigenvalue weighted by Crippen LogP contribution is 2.49. The van der Waals surface area contributed by atoms with Gasteiger partial charge >= 0.3 is 0 Å². The zero-order valence-corrected chi connectivity index (χ0v) is 29.4. The van der Waals surface area contributed by atoms with Gasteiger partial charge in [-0.3, -0.25) is 0 Å². The summed E-state index contributed by atoms with van der Waals surface area (Å²) in [5, 5.41) is 12.0. The number of fused-ring (bicyclic) bond motifs is 9. The van der Waals surface area contributed by atoms with Crippen molar-refractivity contribution in [3.05, 3.63) is 200 Å². The van der Waals surface area contributed by atoms with Crippen molar-refractivity contribution in [3.63, 3.8) is 0 Å². The molecule has 1 aromatic heterocycles. The van der Waals surface area contributed by atoms with Crippen LogP contribution in [0.5, 0.6) is 0 Å². The van der Waals surface area contributed by atoms with Gasteiger partial charge < -0.3 is 9.32 Å². The van der Waals surface area contributed by atoms with Gasteiger partial charge in [0.2, 0.25) is 0 Å². The van der Waals surface area contributed by atoms with E-state index in [4.69, 9.17) is 4.42 Å². The fourth-order valence-corrected chi connectivity index (χ4v) is 8.52. The van der Waals surface area contributed by atoms with E-state index in [0.717, 1.165) is 50.1 Å². The molecule has 54 heavy (non-hydrogen) atoms. The second-order valence-corrected chi connectivity index (χ2v) is 14.0. The van der Waals surface area contributed by atoms with Crippen molar-refractivity contribution in [2.75, 3.05) is 4.90 Å². The topological polar surface area (TPSA) is 16.4 Å². The maximum Gasteiger partial charge on any atom is 0.145 e. The summed E-state index contributed by atoms with van der Waals surface area (Å²) in [7, 11) is 0. The molecule has 0 aliphatic carbocycles. The Morgan fingerprint density at radius 1 is 0.296 bits per heavy atom. The molecule has 11 rings (SSSR count). The minimum absolute atomic E-state index is 0.870. The van der Waals surface area contributed by atoms with Crippen LogP contribution in [0.25, 0.3) is 87.3 Å². The van der Waals surface area contributed by atoms with Gasteiger partial charge in [0.05, 0.1) is 22.4 Å². The molecule has 2 heteroatoms. The summed E-state index contributed by atoms with van der Waals surface area (Å²) in [4.78, 5) is 2.47. The average molecular weight is 688 g/mol. The summed E-state index contributed by atoms with van der Waals surface area (Å²) in [5.41, 5.74) is 9.63.